The molecule has 0 bridgehead atoms. The fourth-order valence-electron chi connectivity index (χ4n) is 2.64. The van der Waals surface area contributed by atoms with Crippen LogP contribution in [0.15, 0.2) is 59.1 Å². The first-order valence-corrected chi connectivity index (χ1v) is 9.22. The fourth-order valence-corrected chi connectivity index (χ4v) is 2.64. The normalized spacial score (nSPS) is 10.9. The van der Waals surface area contributed by atoms with Gasteiger partial charge in [-0.05, 0) is 55.8 Å². The number of hydrogen-bond acceptors (Lipinski definition) is 4. The van der Waals surface area contributed by atoms with Crippen molar-refractivity contribution in [2.75, 3.05) is 0 Å². The number of nitrogens with one attached hydrogen (secondary N) is 1. The molecular formula is C22H23FN2O3. The van der Waals surface area contributed by atoms with Crippen molar-refractivity contribution < 1.29 is 18.3 Å². The van der Waals surface area contributed by atoms with Crippen LogP contribution in [0.1, 0.15) is 31.7 Å². The first kappa shape index (κ1) is 19.6. The molecule has 1 heterocycles. The highest BCUT2D eigenvalue weighted by atomic mass is 19.1. The molecule has 3 aromatic rings. The van der Waals surface area contributed by atoms with Gasteiger partial charge in [0.25, 0.3) is 0 Å². The Balaban J connectivity index is 1.45. The average molecular weight is 382 g/mol. The minimum absolute atomic E-state index is 0.0796. The second-order valence-corrected chi connectivity index (χ2v) is 6.71. The predicted molar refractivity (Wildman–Crippen MR) is 104 cm³/mol. The minimum Gasteiger partial charge on any atom is -0.491 e. The number of rotatable bonds is 8. The number of hydrogen-bond donors (Lipinski definition) is 1. The van der Waals surface area contributed by atoms with Crippen LogP contribution in [-0.4, -0.2) is 17.0 Å². The molecule has 0 aliphatic rings. The van der Waals surface area contributed by atoms with Gasteiger partial charge in [0, 0.05) is 24.9 Å². The van der Waals surface area contributed by atoms with Crippen molar-refractivity contribution in [1.29, 1.82) is 0 Å². The largest absolute Gasteiger partial charge is 0.491 e. The second-order valence-electron chi connectivity index (χ2n) is 6.71. The zero-order valence-corrected chi connectivity index (χ0v) is 15.9. The van der Waals surface area contributed by atoms with Gasteiger partial charge in [0.15, 0.2) is 11.7 Å². The van der Waals surface area contributed by atoms with Crippen molar-refractivity contribution in [3.05, 3.63) is 72.0 Å². The number of carbonyl (C=O) groups excluding carboxylic acids is 1. The summed E-state index contributed by atoms with van der Waals surface area (Å²) in [6, 6.07) is 13.6. The van der Waals surface area contributed by atoms with Crippen molar-refractivity contribution in [1.82, 2.24) is 10.3 Å². The summed E-state index contributed by atoms with van der Waals surface area (Å²) in [7, 11) is 0. The number of carbonyl (C=O) groups is 1. The summed E-state index contributed by atoms with van der Waals surface area (Å²) >= 11 is 0. The molecule has 0 aliphatic heterocycles. The maximum Gasteiger partial charge on any atom is 0.220 e. The van der Waals surface area contributed by atoms with Crippen LogP contribution in [0.25, 0.3) is 11.3 Å². The van der Waals surface area contributed by atoms with Gasteiger partial charge in [0.05, 0.1) is 12.3 Å². The smallest absolute Gasteiger partial charge is 0.220 e. The van der Waals surface area contributed by atoms with Crippen molar-refractivity contribution in [3.8, 4) is 17.1 Å². The molecule has 0 atom stereocenters. The lowest BCUT2D eigenvalue weighted by Crippen LogP contribution is -2.23. The molecular weight excluding hydrogens is 359 g/mol. The van der Waals surface area contributed by atoms with E-state index in [4.69, 9.17) is 9.15 Å². The van der Waals surface area contributed by atoms with Gasteiger partial charge in [-0.2, -0.15) is 0 Å². The Morgan fingerprint density at radius 1 is 1.14 bits per heavy atom. The zero-order chi connectivity index (χ0) is 19.9. The molecule has 0 spiro atoms. The molecule has 6 heteroatoms. The van der Waals surface area contributed by atoms with E-state index in [1.807, 2.05) is 38.1 Å². The summed E-state index contributed by atoms with van der Waals surface area (Å²) in [6.07, 6.45) is 2.39. The van der Waals surface area contributed by atoms with Crippen LogP contribution >= 0.6 is 0 Å². The van der Waals surface area contributed by atoms with Crippen molar-refractivity contribution >= 4 is 5.91 Å². The summed E-state index contributed by atoms with van der Waals surface area (Å²) in [5.74, 6) is 1.46. The van der Waals surface area contributed by atoms with E-state index in [1.54, 1.807) is 18.3 Å². The van der Waals surface area contributed by atoms with E-state index in [9.17, 15) is 9.18 Å². The lowest BCUT2D eigenvalue weighted by atomic mass is 10.2. The summed E-state index contributed by atoms with van der Waals surface area (Å²) in [5.41, 5.74) is 1.74. The molecule has 0 fully saturated rings. The Kier molecular flexibility index (Phi) is 6.42. The number of amides is 1. The Hall–Kier alpha value is -3.15. The van der Waals surface area contributed by atoms with Gasteiger partial charge in [-0.15, -0.1) is 0 Å². The average Bonchev–Trinajstić information content (AvgIpc) is 3.15. The number of aryl methyl sites for hydroxylation is 1. The van der Waals surface area contributed by atoms with E-state index in [0.29, 0.717) is 24.6 Å². The lowest BCUT2D eigenvalue weighted by molar-refractivity contribution is -0.121. The van der Waals surface area contributed by atoms with Crippen molar-refractivity contribution in [2.24, 2.45) is 0 Å². The number of oxazole rings is 1. The Bertz CT molecular complexity index is 902. The summed E-state index contributed by atoms with van der Waals surface area (Å²) in [5, 5.41) is 2.88. The Morgan fingerprint density at radius 2 is 1.86 bits per heavy atom. The minimum atomic E-state index is -0.303. The summed E-state index contributed by atoms with van der Waals surface area (Å²) in [4.78, 5) is 16.3. The molecule has 1 amide bonds. The van der Waals surface area contributed by atoms with Gasteiger partial charge in [-0.25, -0.2) is 9.37 Å². The molecule has 5 nitrogen and oxygen atoms in total. The third-order valence-corrected chi connectivity index (χ3v) is 4.03. The van der Waals surface area contributed by atoms with E-state index >= 15 is 0 Å². The molecule has 28 heavy (non-hydrogen) atoms. The first-order chi connectivity index (χ1) is 13.5. The molecule has 0 aliphatic carbocycles. The highest BCUT2D eigenvalue weighted by Crippen LogP contribution is 2.21. The number of nitrogens with zero attached hydrogens (tertiary/aromatic N) is 1. The maximum absolute atomic E-state index is 13.0. The number of aromatic nitrogens is 1. The zero-order valence-electron chi connectivity index (χ0n) is 15.9. The maximum atomic E-state index is 13.0. The van der Waals surface area contributed by atoms with E-state index in [0.717, 1.165) is 16.9 Å². The second kappa shape index (κ2) is 9.17. The quantitative estimate of drug-likeness (QED) is 0.622. The van der Waals surface area contributed by atoms with Gasteiger partial charge in [0.1, 0.15) is 11.6 Å². The third-order valence-electron chi connectivity index (χ3n) is 4.03. The highest BCUT2D eigenvalue weighted by molar-refractivity contribution is 5.76. The standard InChI is InChI=1S/C22H23FN2O3/c1-15(2)27-19-9-3-16(4-10-19)13-24-21(26)11-12-22-25-14-20(28-22)17-5-7-18(23)8-6-17/h3-10,14-15H,11-13H2,1-2H3,(H,24,26). The van der Waals surface area contributed by atoms with Gasteiger partial charge in [0.2, 0.25) is 5.91 Å². The fraction of sp³-hybridized carbons (Fsp3) is 0.273. The SMILES string of the molecule is CC(C)Oc1ccc(CNC(=O)CCc2ncc(-c3ccc(F)cc3)o2)cc1. The molecule has 0 unspecified atom stereocenters. The Labute approximate surface area is 163 Å². The molecule has 0 saturated heterocycles. The third kappa shape index (κ3) is 5.67. The molecule has 1 N–H and O–H groups in total. The van der Waals surface area contributed by atoms with Crippen LogP contribution in [0, 0.1) is 5.82 Å². The monoisotopic (exact) mass is 382 g/mol. The summed E-state index contributed by atoms with van der Waals surface area (Å²) in [6.45, 7) is 4.41. The van der Waals surface area contributed by atoms with Gasteiger partial charge >= 0.3 is 0 Å². The lowest BCUT2D eigenvalue weighted by Gasteiger charge is -2.10. The molecule has 0 saturated carbocycles. The van der Waals surface area contributed by atoms with E-state index in [2.05, 4.69) is 10.3 Å². The number of ether oxygens (including phenoxy) is 1. The van der Waals surface area contributed by atoms with Gasteiger partial charge in [-0.1, -0.05) is 12.1 Å². The number of halogens is 1. The van der Waals surface area contributed by atoms with Crippen molar-refractivity contribution in [2.45, 2.75) is 39.3 Å². The Morgan fingerprint density at radius 3 is 2.54 bits per heavy atom. The van der Waals surface area contributed by atoms with Crippen molar-refractivity contribution in [3.63, 3.8) is 0 Å². The van der Waals surface area contributed by atoms with Crippen LogP contribution in [0.4, 0.5) is 4.39 Å². The van der Waals surface area contributed by atoms with Crippen LogP contribution in [0.2, 0.25) is 0 Å². The van der Waals surface area contributed by atoms with Crippen LogP contribution in [0.5, 0.6) is 5.75 Å². The van der Waals surface area contributed by atoms with E-state index < -0.39 is 0 Å². The highest BCUT2D eigenvalue weighted by Gasteiger charge is 2.09. The summed E-state index contributed by atoms with van der Waals surface area (Å²) < 4.78 is 24.2. The van der Waals surface area contributed by atoms with Crippen LogP contribution < -0.4 is 10.1 Å². The predicted octanol–water partition coefficient (Wildman–Crippen LogP) is 4.52. The van der Waals surface area contributed by atoms with E-state index in [-0.39, 0.29) is 24.2 Å². The number of benzene rings is 2. The van der Waals surface area contributed by atoms with Gasteiger partial charge in [-0.3, -0.25) is 4.79 Å². The van der Waals surface area contributed by atoms with Crippen LogP contribution in [0.3, 0.4) is 0 Å². The first-order valence-electron chi connectivity index (χ1n) is 9.22. The van der Waals surface area contributed by atoms with Crippen LogP contribution in [-0.2, 0) is 17.8 Å². The van der Waals surface area contributed by atoms with Gasteiger partial charge < -0.3 is 14.5 Å². The molecule has 2 aromatic carbocycles. The molecule has 0 radical (unpaired) electrons. The molecule has 1 aromatic heterocycles. The topological polar surface area (TPSA) is 64.4 Å². The molecule has 3 rings (SSSR count). The van der Waals surface area contributed by atoms with E-state index in [1.165, 1.54) is 12.1 Å². The molecule has 146 valence electrons.